The lowest BCUT2D eigenvalue weighted by Crippen LogP contribution is -2.65. The molecule has 48 heavy (non-hydrogen) atoms. The van der Waals surface area contributed by atoms with Crippen LogP contribution < -0.4 is 5.32 Å². The smallest absolute Gasteiger partial charge is 0.309 e. The Hall–Kier alpha value is -2.55. The Labute approximate surface area is 290 Å². The van der Waals surface area contributed by atoms with Gasteiger partial charge in [-0.1, -0.05) is 54.0 Å². The van der Waals surface area contributed by atoms with E-state index >= 15 is 0 Å². The maximum Gasteiger partial charge on any atom is 0.309 e. The summed E-state index contributed by atoms with van der Waals surface area (Å²) in [5, 5.41) is 13.0. The highest BCUT2D eigenvalue weighted by atomic mass is 32.1. The number of aromatic nitrogens is 1. The molecule has 0 radical (unpaired) electrons. The Balaban J connectivity index is 1.33. The van der Waals surface area contributed by atoms with Gasteiger partial charge in [0.05, 0.1) is 29.1 Å². The Morgan fingerprint density at radius 2 is 1.75 bits per heavy atom. The summed E-state index contributed by atoms with van der Waals surface area (Å²) in [7, 11) is 0. The lowest BCUT2D eigenvalue weighted by Gasteiger charge is -2.70. The number of aliphatic carboxylic acids is 1. The minimum Gasteiger partial charge on any atom is -0.481 e. The first-order chi connectivity index (χ1) is 22.2. The number of nitrogens with zero attached hydrogens (tertiary/aromatic N) is 1. The molecule has 4 fully saturated rings. The summed E-state index contributed by atoms with van der Waals surface area (Å²) >= 11 is 1.34. The standard InChI is InChI=1S/C39H56N2O6S/c1-22(2)30-24(42)18-39(41-32(44)25-20-40-21-48-25)17-16-37(8)23(31(30)39)10-11-27-36(7)14-13-28(47-29(43)19-34(3,4)33(45)46)35(5,6)26(36)12-15-38(27,37)9/h20-22,26-28,30H,10-19H2,1-9H3,(H,41,44)(H,45,46)/t26?,27?,28-,30?,36-,37+,38+,39+/m0/s1. The zero-order valence-electron chi connectivity index (χ0n) is 30.5. The molecular formula is C39H56N2O6S. The molecule has 5 aliphatic carbocycles. The van der Waals surface area contributed by atoms with Gasteiger partial charge in [0.2, 0.25) is 0 Å². The number of nitrogens with one attached hydrogen (secondary N) is 1. The predicted octanol–water partition coefficient (Wildman–Crippen LogP) is 8.02. The Morgan fingerprint density at radius 1 is 1.04 bits per heavy atom. The molecule has 0 aliphatic heterocycles. The fourth-order valence-corrected chi connectivity index (χ4v) is 12.6. The summed E-state index contributed by atoms with van der Waals surface area (Å²) in [6.45, 7) is 19.5. The third-order valence-corrected chi connectivity index (χ3v) is 15.5. The first-order valence-corrected chi connectivity index (χ1v) is 19.0. The molecule has 9 heteroatoms. The first kappa shape index (κ1) is 35.3. The van der Waals surface area contributed by atoms with Gasteiger partial charge in [0, 0.05) is 17.8 Å². The van der Waals surface area contributed by atoms with E-state index in [2.05, 4.69) is 58.8 Å². The largest absolute Gasteiger partial charge is 0.481 e. The van der Waals surface area contributed by atoms with Crippen molar-refractivity contribution in [3.8, 4) is 0 Å². The van der Waals surface area contributed by atoms with E-state index in [0.717, 1.165) is 51.4 Å². The number of carboxylic acids is 1. The van der Waals surface area contributed by atoms with Gasteiger partial charge < -0.3 is 15.2 Å². The molecular weight excluding hydrogens is 625 g/mol. The van der Waals surface area contributed by atoms with Crippen molar-refractivity contribution in [2.75, 3.05) is 0 Å². The number of carbonyl (C=O) groups excluding carboxylic acids is 3. The van der Waals surface area contributed by atoms with E-state index in [1.54, 1.807) is 25.6 Å². The topological polar surface area (TPSA) is 123 Å². The number of hydrogen-bond acceptors (Lipinski definition) is 7. The molecule has 264 valence electrons. The van der Waals surface area contributed by atoms with E-state index in [0.29, 0.717) is 23.1 Å². The van der Waals surface area contributed by atoms with Crippen molar-refractivity contribution in [1.82, 2.24) is 10.3 Å². The summed E-state index contributed by atoms with van der Waals surface area (Å²) in [6.07, 6.45) is 9.10. The lowest BCUT2D eigenvalue weighted by molar-refractivity contribution is -0.214. The number of Topliss-reactive ketones (excluding diaryl/α,β-unsaturated/α-hetero) is 1. The van der Waals surface area contributed by atoms with Crippen LogP contribution in [0.4, 0.5) is 0 Å². The number of ether oxygens (including phenoxy) is 1. The second-order valence-corrected chi connectivity index (χ2v) is 19.2. The highest BCUT2D eigenvalue weighted by Crippen LogP contribution is 2.75. The maximum absolute atomic E-state index is 13.9. The van der Waals surface area contributed by atoms with E-state index in [4.69, 9.17) is 4.74 Å². The highest BCUT2D eigenvalue weighted by Gasteiger charge is 2.69. The molecule has 0 aromatic carbocycles. The minimum atomic E-state index is -1.17. The molecule has 8 atom stereocenters. The summed E-state index contributed by atoms with van der Waals surface area (Å²) in [6, 6.07) is 0. The number of fused-ring (bicyclic) bond motifs is 6. The number of thiazole rings is 1. The van der Waals surface area contributed by atoms with Crippen molar-refractivity contribution in [2.24, 2.45) is 50.7 Å². The molecule has 0 spiro atoms. The van der Waals surface area contributed by atoms with Gasteiger partial charge in [-0.25, -0.2) is 0 Å². The third kappa shape index (κ3) is 5.06. The van der Waals surface area contributed by atoms with Gasteiger partial charge >= 0.3 is 11.9 Å². The van der Waals surface area contributed by atoms with Gasteiger partial charge in [0.25, 0.3) is 5.91 Å². The second-order valence-electron chi connectivity index (χ2n) is 18.3. The van der Waals surface area contributed by atoms with E-state index in [9.17, 15) is 24.3 Å². The number of carboxylic acid groups (broad SMARTS) is 1. The van der Waals surface area contributed by atoms with Crippen LogP contribution in [0.1, 0.15) is 136 Å². The summed E-state index contributed by atoms with van der Waals surface area (Å²) < 4.78 is 6.14. The molecule has 5 aliphatic rings. The van der Waals surface area contributed by atoms with Crippen LogP contribution in [-0.4, -0.2) is 45.4 Å². The molecule has 4 saturated carbocycles. The van der Waals surface area contributed by atoms with Crippen LogP contribution in [0, 0.1) is 50.7 Å². The fraction of sp³-hybridized carbons (Fsp3) is 0.769. The average molecular weight is 681 g/mol. The monoisotopic (exact) mass is 680 g/mol. The minimum absolute atomic E-state index is 0.0188. The number of esters is 1. The normalized spacial score (nSPS) is 38.8. The highest BCUT2D eigenvalue weighted by molar-refractivity contribution is 7.11. The van der Waals surface area contributed by atoms with Crippen molar-refractivity contribution in [2.45, 2.75) is 138 Å². The number of ketones is 1. The van der Waals surface area contributed by atoms with E-state index in [-0.39, 0.29) is 57.7 Å². The van der Waals surface area contributed by atoms with Crippen molar-refractivity contribution in [3.05, 3.63) is 27.7 Å². The summed E-state index contributed by atoms with van der Waals surface area (Å²) in [5.74, 6) is -0.491. The third-order valence-electron chi connectivity index (χ3n) is 14.7. The molecule has 1 aromatic rings. The number of allylic oxidation sites excluding steroid dienone is 1. The molecule has 3 unspecified atom stereocenters. The van der Waals surface area contributed by atoms with Gasteiger partial charge in [0.1, 0.15) is 16.8 Å². The van der Waals surface area contributed by atoms with Gasteiger partial charge in [-0.15, -0.1) is 11.3 Å². The van der Waals surface area contributed by atoms with Crippen LogP contribution in [0.2, 0.25) is 0 Å². The van der Waals surface area contributed by atoms with Gasteiger partial charge in [0.15, 0.2) is 0 Å². The van der Waals surface area contributed by atoms with E-state index in [1.807, 2.05) is 0 Å². The molecule has 1 heterocycles. The molecule has 6 rings (SSSR count). The van der Waals surface area contributed by atoms with Crippen LogP contribution in [0.25, 0.3) is 0 Å². The Morgan fingerprint density at radius 3 is 2.38 bits per heavy atom. The molecule has 0 saturated heterocycles. The molecule has 1 aromatic heterocycles. The SMILES string of the molecule is CC(C)C1C(=O)C[C@]2(NC(=O)c3cncs3)CC[C@]3(C)C(=C12)CCC1[C@@]2(C)CC[C@H](OC(=O)CC(C)(C)C(=O)O)C(C)(C)C2CC[C@]13C. The van der Waals surface area contributed by atoms with Crippen molar-refractivity contribution >= 4 is 35.0 Å². The predicted molar refractivity (Wildman–Crippen MR) is 185 cm³/mol. The fourth-order valence-electron chi connectivity index (χ4n) is 12.1. The first-order valence-electron chi connectivity index (χ1n) is 18.1. The van der Waals surface area contributed by atoms with Crippen LogP contribution >= 0.6 is 11.3 Å². The second kappa shape index (κ2) is 11.5. The molecule has 0 bridgehead atoms. The zero-order chi connectivity index (χ0) is 35.2. The summed E-state index contributed by atoms with van der Waals surface area (Å²) in [4.78, 5) is 56.9. The van der Waals surface area contributed by atoms with Crippen molar-refractivity contribution < 1.29 is 29.0 Å². The van der Waals surface area contributed by atoms with Crippen LogP contribution in [0.3, 0.4) is 0 Å². The summed E-state index contributed by atoms with van der Waals surface area (Å²) in [5.41, 5.74) is 2.27. The number of rotatable bonds is 7. The molecule has 2 N–H and O–H groups in total. The van der Waals surface area contributed by atoms with E-state index in [1.165, 1.54) is 22.5 Å². The average Bonchev–Trinajstić information content (AvgIpc) is 3.61. The Bertz CT molecular complexity index is 1540. The van der Waals surface area contributed by atoms with Gasteiger partial charge in [-0.2, -0.15) is 0 Å². The molecule has 8 nitrogen and oxygen atoms in total. The van der Waals surface area contributed by atoms with Gasteiger partial charge in [-0.3, -0.25) is 24.2 Å². The van der Waals surface area contributed by atoms with Crippen molar-refractivity contribution in [3.63, 3.8) is 0 Å². The number of amides is 1. The maximum atomic E-state index is 13.9. The molecule has 1 amide bonds. The zero-order valence-corrected chi connectivity index (χ0v) is 31.3. The number of hydrogen-bond donors (Lipinski definition) is 2. The number of carbonyl (C=O) groups is 4. The van der Waals surface area contributed by atoms with Crippen molar-refractivity contribution in [1.29, 1.82) is 0 Å². The van der Waals surface area contributed by atoms with Crippen LogP contribution in [0.15, 0.2) is 22.9 Å². The lowest BCUT2D eigenvalue weighted by atomic mass is 9.34. The Kier molecular flexibility index (Phi) is 8.45. The van der Waals surface area contributed by atoms with E-state index < -0.39 is 22.9 Å². The van der Waals surface area contributed by atoms with Gasteiger partial charge in [-0.05, 0) is 105 Å². The van der Waals surface area contributed by atoms with Crippen LogP contribution in [-0.2, 0) is 19.1 Å². The van der Waals surface area contributed by atoms with Crippen LogP contribution in [0.5, 0.6) is 0 Å². The quantitative estimate of drug-likeness (QED) is 0.221.